The fourth-order valence-corrected chi connectivity index (χ4v) is 4.19. The molecule has 8 nitrogen and oxygen atoms in total. The van der Waals surface area contributed by atoms with Crippen molar-refractivity contribution in [1.82, 2.24) is 0 Å². The van der Waals surface area contributed by atoms with Crippen LogP contribution in [0.25, 0.3) is 0 Å². The maximum Gasteiger partial charge on any atom is 0.244 e. The number of aliphatic hydroxyl groups excluding tert-OH is 4. The van der Waals surface area contributed by atoms with Crippen LogP contribution in [0.1, 0.15) is 0 Å². The Morgan fingerprint density at radius 2 is 1.07 bits per heavy atom. The third kappa shape index (κ3) is 0.792. The van der Waals surface area contributed by atoms with Crippen molar-refractivity contribution in [3.8, 4) is 0 Å². The molecule has 9 heteroatoms. The van der Waals surface area contributed by atoms with Gasteiger partial charge in [0.25, 0.3) is 0 Å². The van der Waals surface area contributed by atoms with Crippen LogP contribution in [-0.2, 0) is 9.84 Å². The van der Waals surface area contributed by atoms with E-state index in [2.05, 4.69) is 0 Å². The number of fused-ring (bicyclic) bond motifs is 1. The van der Waals surface area contributed by atoms with Crippen LogP contribution in [0, 0.1) is 0 Å². The summed E-state index contributed by atoms with van der Waals surface area (Å²) in [5.41, 5.74) is 0. The molecule has 1 aliphatic carbocycles. The van der Waals surface area contributed by atoms with Crippen LogP contribution < -0.4 is 0 Å². The average molecular weight is 242 g/mol. The molecule has 0 unspecified atom stereocenters. The molecule has 2 aliphatic rings. The summed E-state index contributed by atoms with van der Waals surface area (Å²) in [4.78, 5) is -6.03. The summed E-state index contributed by atoms with van der Waals surface area (Å²) in [6, 6.07) is 0. The second-order valence-corrected chi connectivity index (χ2v) is 6.02. The van der Waals surface area contributed by atoms with Crippen molar-refractivity contribution in [2.75, 3.05) is 0 Å². The lowest BCUT2D eigenvalue weighted by molar-refractivity contribution is -0.223. The first-order valence-corrected chi connectivity index (χ1v) is 5.53. The van der Waals surface area contributed by atoms with Crippen molar-refractivity contribution in [2.24, 2.45) is 0 Å². The number of hydrogen-bond donors (Lipinski definition) is 6. The van der Waals surface area contributed by atoms with Gasteiger partial charge < -0.3 is 30.6 Å². The van der Waals surface area contributed by atoms with E-state index in [1.54, 1.807) is 0 Å². The summed E-state index contributed by atoms with van der Waals surface area (Å²) in [6.45, 7) is 0. The average Bonchev–Trinajstić information content (AvgIpc) is 2.54. The van der Waals surface area contributed by atoms with Crippen LogP contribution in [-0.4, -0.2) is 73.3 Å². The van der Waals surface area contributed by atoms with Crippen molar-refractivity contribution < 1.29 is 39.1 Å². The third-order valence-electron chi connectivity index (χ3n) is 3.09. The van der Waals surface area contributed by atoms with E-state index in [0.717, 1.165) is 0 Å². The topological polar surface area (TPSA) is 156 Å². The molecular weight excluding hydrogens is 232 g/mol. The molecule has 1 saturated carbocycles. The Bertz CT molecular complexity index is 373. The van der Waals surface area contributed by atoms with Crippen LogP contribution in [0.4, 0.5) is 0 Å². The largest absolute Gasteiger partial charge is 0.387 e. The van der Waals surface area contributed by atoms with Gasteiger partial charge in [-0.05, 0) is 0 Å². The highest BCUT2D eigenvalue weighted by molar-refractivity contribution is 8.01. The minimum atomic E-state index is -4.61. The predicted molar refractivity (Wildman–Crippen MR) is 42.8 cm³/mol. The van der Waals surface area contributed by atoms with Gasteiger partial charge in [0.2, 0.25) is 19.7 Å². The molecule has 0 aromatic carbocycles. The van der Waals surface area contributed by atoms with Gasteiger partial charge in [-0.25, -0.2) is 8.42 Å². The first-order chi connectivity index (χ1) is 6.64. The minimum Gasteiger partial charge on any atom is -0.387 e. The van der Waals surface area contributed by atoms with Crippen molar-refractivity contribution in [3.05, 3.63) is 0 Å². The van der Waals surface area contributed by atoms with E-state index in [1.807, 2.05) is 0 Å². The van der Waals surface area contributed by atoms with Gasteiger partial charge in [-0.15, -0.1) is 0 Å². The standard InChI is InChI=1S/C6H10O8S/c7-1-2(8)4(10)6(12)5(11,3(1)9)15(6,13)14/h1-4,7-12H/t1-,2-,3-,4+,5-,6+/m1/s1. The zero-order valence-electron chi connectivity index (χ0n) is 7.22. The SMILES string of the molecule is O=S1(=O)[C@@]2(O)[C@@H](O)[C@H](O)[C@@H](O)[C@@H](O)[C@]21O. The number of sulfone groups is 1. The molecule has 6 atom stereocenters. The van der Waals surface area contributed by atoms with Crippen LogP contribution in [0.5, 0.6) is 0 Å². The molecule has 0 aromatic rings. The van der Waals surface area contributed by atoms with Gasteiger partial charge in [0.15, 0.2) is 0 Å². The molecule has 1 aliphatic heterocycles. The van der Waals surface area contributed by atoms with E-state index in [-0.39, 0.29) is 0 Å². The Morgan fingerprint density at radius 3 is 1.33 bits per heavy atom. The predicted octanol–water partition coefficient (Wildman–Crippen LogP) is -4.75. The molecule has 2 rings (SSSR count). The lowest BCUT2D eigenvalue weighted by Crippen LogP contribution is -2.63. The van der Waals surface area contributed by atoms with E-state index < -0.39 is 44.1 Å². The van der Waals surface area contributed by atoms with Crippen molar-refractivity contribution in [1.29, 1.82) is 0 Å². The first kappa shape index (κ1) is 11.2. The Balaban J connectivity index is 2.58. The summed E-state index contributed by atoms with van der Waals surface area (Å²) >= 11 is 0. The van der Waals surface area contributed by atoms with Crippen LogP contribution >= 0.6 is 0 Å². The van der Waals surface area contributed by atoms with E-state index >= 15 is 0 Å². The number of rotatable bonds is 0. The van der Waals surface area contributed by atoms with Gasteiger partial charge in [-0.2, -0.15) is 0 Å². The highest BCUT2D eigenvalue weighted by Gasteiger charge is 2.93. The molecule has 0 amide bonds. The molecule has 0 spiro atoms. The van der Waals surface area contributed by atoms with Crippen LogP contribution in [0.3, 0.4) is 0 Å². The summed E-state index contributed by atoms with van der Waals surface area (Å²) in [6.07, 6.45) is -8.65. The third-order valence-corrected chi connectivity index (χ3v) is 5.63. The zero-order chi connectivity index (χ0) is 11.8. The first-order valence-electron chi connectivity index (χ1n) is 4.05. The molecule has 88 valence electrons. The fraction of sp³-hybridized carbons (Fsp3) is 1.00. The van der Waals surface area contributed by atoms with Gasteiger partial charge >= 0.3 is 0 Å². The number of aliphatic hydroxyl groups is 6. The maximum absolute atomic E-state index is 11.2. The molecular formula is C6H10O8S. The lowest BCUT2D eigenvalue weighted by atomic mass is 9.85. The smallest absolute Gasteiger partial charge is 0.244 e. The van der Waals surface area contributed by atoms with E-state index in [0.29, 0.717) is 0 Å². The summed E-state index contributed by atoms with van der Waals surface area (Å²) in [7, 11) is -4.61. The maximum atomic E-state index is 11.2. The Labute approximate surface area is 83.9 Å². The Hall–Kier alpha value is -0.290. The van der Waals surface area contributed by atoms with Crippen LogP contribution in [0.2, 0.25) is 0 Å². The van der Waals surface area contributed by atoms with Gasteiger partial charge in [-0.3, -0.25) is 0 Å². The molecule has 0 aromatic heterocycles. The summed E-state index contributed by atoms with van der Waals surface area (Å²) < 4.78 is 22.4. The Kier molecular flexibility index (Phi) is 1.87. The molecule has 2 fully saturated rings. The fourth-order valence-electron chi connectivity index (χ4n) is 1.99. The normalized spacial score (nSPS) is 62.3. The van der Waals surface area contributed by atoms with Gasteiger partial charge in [0, 0.05) is 0 Å². The highest BCUT2D eigenvalue weighted by Crippen LogP contribution is 2.60. The van der Waals surface area contributed by atoms with E-state index in [4.69, 9.17) is 10.2 Å². The molecule has 1 heterocycles. The minimum absolute atomic E-state index is 2.05. The van der Waals surface area contributed by atoms with E-state index in [9.17, 15) is 28.8 Å². The van der Waals surface area contributed by atoms with Crippen molar-refractivity contribution in [3.63, 3.8) is 0 Å². The molecule has 15 heavy (non-hydrogen) atoms. The monoisotopic (exact) mass is 242 g/mol. The van der Waals surface area contributed by atoms with Crippen LogP contribution in [0.15, 0.2) is 0 Å². The zero-order valence-corrected chi connectivity index (χ0v) is 8.03. The summed E-state index contributed by atoms with van der Waals surface area (Å²) in [5.74, 6) is 0. The number of hydrogen-bond acceptors (Lipinski definition) is 8. The highest BCUT2D eigenvalue weighted by atomic mass is 32.2. The molecule has 0 radical (unpaired) electrons. The lowest BCUT2D eigenvalue weighted by Gasteiger charge is -2.35. The molecule has 0 bridgehead atoms. The second-order valence-electron chi connectivity index (χ2n) is 3.77. The Morgan fingerprint density at radius 1 is 0.800 bits per heavy atom. The summed E-state index contributed by atoms with van der Waals surface area (Å²) in [5, 5.41) is 55.6. The van der Waals surface area contributed by atoms with Gasteiger partial charge in [-0.1, -0.05) is 0 Å². The van der Waals surface area contributed by atoms with E-state index in [1.165, 1.54) is 0 Å². The second kappa shape index (κ2) is 2.51. The van der Waals surface area contributed by atoms with Gasteiger partial charge in [0.05, 0.1) is 0 Å². The molecule has 1 saturated heterocycles. The quantitative estimate of drug-likeness (QED) is 0.231. The van der Waals surface area contributed by atoms with Crippen molar-refractivity contribution in [2.45, 2.75) is 34.3 Å². The molecule has 6 N–H and O–H groups in total. The van der Waals surface area contributed by atoms with Gasteiger partial charge in [0.1, 0.15) is 24.4 Å². The van der Waals surface area contributed by atoms with Crippen molar-refractivity contribution >= 4 is 9.84 Å².